The lowest BCUT2D eigenvalue weighted by atomic mass is 10.1. The molecule has 0 spiro atoms. The van der Waals surface area contributed by atoms with Gasteiger partial charge in [-0.15, -0.1) is 0 Å². The van der Waals surface area contributed by atoms with Crippen LogP contribution in [-0.4, -0.2) is 28.9 Å². The molecule has 0 aliphatic heterocycles. The minimum Gasteiger partial charge on any atom is -0.465 e. The van der Waals surface area contributed by atoms with Gasteiger partial charge in [0.1, 0.15) is 0 Å². The number of amides is 1. The number of rotatable bonds is 6. The summed E-state index contributed by atoms with van der Waals surface area (Å²) in [7, 11) is 1.16. The molecule has 130 valence electrons. The van der Waals surface area contributed by atoms with E-state index in [9.17, 15) is 19.7 Å². The van der Waals surface area contributed by atoms with E-state index in [2.05, 4.69) is 15.0 Å². The maximum absolute atomic E-state index is 12.4. The fraction of sp³-hybridized carbons (Fsp3) is 0.235. The number of esters is 1. The summed E-state index contributed by atoms with van der Waals surface area (Å²) >= 11 is 0. The molecule has 0 aliphatic rings. The average molecular weight is 343 g/mol. The van der Waals surface area contributed by atoms with Gasteiger partial charge in [0.2, 0.25) is 0 Å². The smallest absolute Gasteiger partial charge is 0.338 e. The molecule has 0 atom stereocenters. The van der Waals surface area contributed by atoms with Crippen molar-refractivity contribution in [1.82, 2.24) is 10.3 Å². The van der Waals surface area contributed by atoms with E-state index in [1.54, 1.807) is 18.5 Å². The molecular weight excluding hydrogens is 326 g/mol. The predicted molar refractivity (Wildman–Crippen MR) is 89.2 cm³/mol. The third kappa shape index (κ3) is 4.37. The van der Waals surface area contributed by atoms with Gasteiger partial charge in [0.05, 0.1) is 17.6 Å². The van der Waals surface area contributed by atoms with E-state index in [0.717, 1.165) is 36.8 Å². The number of hydrogen-bond donors (Lipinski definition) is 1. The van der Waals surface area contributed by atoms with E-state index in [1.807, 2.05) is 6.92 Å². The Morgan fingerprint density at radius 2 is 1.96 bits per heavy atom. The average Bonchev–Trinajstić information content (AvgIpc) is 2.65. The van der Waals surface area contributed by atoms with Gasteiger partial charge < -0.3 is 10.1 Å². The van der Waals surface area contributed by atoms with Crippen molar-refractivity contribution in [3.8, 4) is 0 Å². The summed E-state index contributed by atoms with van der Waals surface area (Å²) in [5.41, 5.74) is 1.51. The maximum Gasteiger partial charge on any atom is 0.338 e. The monoisotopic (exact) mass is 343 g/mol. The summed E-state index contributed by atoms with van der Waals surface area (Å²) in [6.45, 7) is 2.23. The Morgan fingerprint density at radius 3 is 2.60 bits per heavy atom. The Kier molecular flexibility index (Phi) is 5.78. The van der Waals surface area contributed by atoms with E-state index in [0.29, 0.717) is 0 Å². The Hall–Kier alpha value is -3.29. The van der Waals surface area contributed by atoms with Crippen molar-refractivity contribution >= 4 is 17.6 Å². The Bertz CT molecular complexity index is 820. The van der Waals surface area contributed by atoms with Gasteiger partial charge in [-0.05, 0) is 29.7 Å². The number of ether oxygens (including phenoxy) is 1. The quantitative estimate of drug-likeness (QED) is 0.489. The first kappa shape index (κ1) is 18.1. The van der Waals surface area contributed by atoms with Gasteiger partial charge in [0, 0.05) is 36.6 Å². The summed E-state index contributed by atoms with van der Waals surface area (Å²) in [5, 5.41) is 13.7. The van der Waals surface area contributed by atoms with Crippen LogP contribution in [-0.2, 0) is 17.7 Å². The third-order valence-corrected chi connectivity index (χ3v) is 3.64. The van der Waals surface area contributed by atoms with Gasteiger partial charge in [-0.3, -0.25) is 19.9 Å². The first-order valence-corrected chi connectivity index (χ1v) is 7.54. The zero-order valence-corrected chi connectivity index (χ0v) is 13.8. The molecule has 1 aromatic carbocycles. The molecule has 8 nitrogen and oxygen atoms in total. The molecule has 0 saturated heterocycles. The molecule has 1 amide bonds. The van der Waals surface area contributed by atoms with E-state index in [1.165, 1.54) is 6.07 Å². The maximum atomic E-state index is 12.4. The van der Waals surface area contributed by atoms with Gasteiger partial charge in [-0.1, -0.05) is 6.92 Å². The third-order valence-electron chi connectivity index (χ3n) is 3.64. The summed E-state index contributed by atoms with van der Waals surface area (Å²) in [6, 6.07) is 5.25. The van der Waals surface area contributed by atoms with Crippen molar-refractivity contribution < 1.29 is 19.2 Å². The number of carbonyl (C=O) groups excluding carboxylic acids is 2. The second-order valence-electron chi connectivity index (χ2n) is 5.20. The molecule has 25 heavy (non-hydrogen) atoms. The lowest BCUT2D eigenvalue weighted by molar-refractivity contribution is -0.384. The number of carbonyl (C=O) groups is 2. The fourth-order valence-electron chi connectivity index (χ4n) is 2.31. The zero-order valence-electron chi connectivity index (χ0n) is 13.8. The minimum absolute atomic E-state index is 0.0155. The predicted octanol–water partition coefficient (Wildman–Crippen LogP) is 2.27. The molecule has 0 radical (unpaired) electrons. The van der Waals surface area contributed by atoms with Crippen LogP contribution in [0.5, 0.6) is 0 Å². The van der Waals surface area contributed by atoms with E-state index in [4.69, 9.17) is 0 Å². The summed E-state index contributed by atoms with van der Waals surface area (Å²) in [5.74, 6) is -1.27. The molecule has 0 bridgehead atoms. The molecule has 1 N–H and O–H groups in total. The Balaban J connectivity index is 2.24. The lowest BCUT2D eigenvalue weighted by Gasteiger charge is -2.09. The normalized spacial score (nSPS) is 10.2. The van der Waals surface area contributed by atoms with Crippen molar-refractivity contribution in [1.29, 1.82) is 0 Å². The number of nitrogens with one attached hydrogen (secondary N) is 1. The number of nitro benzene ring substituents is 1. The number of aryl methyl sites for hydroxylation is 1. The van der Waals surface area contributed by atoms with E-state index in [-0.39, 0.29) is 23.4 Å². The second kappa shape index (κ2) is 8.00. The van der Waals surface area contributed by atoms with Crippen LogP contribution in [0.25, 0.3) is 0 Å². The highest BCUT2D eigenvalue weighted by Crippen LogP contribution is 2.18. The van der Waals surface area contributed by atoms with Crippen LogP contribution < -0.4 is 5.32 Å². The number of methoxy groups -OCH3 is 1. The van der Waals surface area contributed by atoms with Crippen LogP contribution in [0.1, 0.15) is 38.8 Å². The largest absolute Gasteiger partial charge is 0.465 e. The standard InChI is InChI=1S/C17H17N3O5/c1-3-11-9-18-5-4-12(11)10-19-16(21)13-6-14(17(22)25-2)8-15(7-13)20(23)24/h4-9H,3,10H2,1-2H3,(H,19,21). The highest BCUT2D eigenvalue weighted by Gasteiger charge is 2.18. The molecule has 0 fully saturated rings. The highest BCUT2D eigenvalue weighted by molar-refractivity contribution is 5.98. The van der Waals surface area contributed by atoms with Crippen LogP contribution >= 0.6 is 0 Å². The highest BCUT2D eigenvalue weighted by atomic mass is 16.6. The molecule has 0 saturated carbocycles. The number of nitro groups is 1. The van der Waals surface area contributed by atoms with Gasteiger partial charge >= 0.3 is 5.97 Å². The molecule has 8 heteroatoms. The number of benzene rings is 1. The molecule has 1 aromatic heterocycles. The number of hydrogen-bond acceptors (Lipinski definition) is 6. The molecule has 0 aliphatic carbocycles. The number of nitrogens with zero attached hydrogens (tertiary/aromatic N) is 2. The molecule has 0 unspecified atom stereocenters. The lowest BCUT2D eigenvalue weighted by Crippen LogP contribution is -2.24. The topological polar surface area (TPSA) is 111 Å². The van der Waals surface area contributed by atoms with Crippen LogP contribution in [0.3, 0.4) is 0 Å². The number of non-ortho nitro benzene ring substituents is 1. The molecule has 2 aromatic rings. The van der Waals surface area contributed by atoms with Crippen LogP contribution in [0, 0.1) is 10.1 Å². The molecular formula is C17H17N3O5. The van der Waals surface area contributed by atoms with Crippen molar-refractivity contribution in [3.63, 3.8) is 0 Å². The van der Waals surface area contributed by atoms with Crippen molar-refractivity contribution in [3.05, 3.63) is 69.0 Å². The zero-order chi connectivity index (χ0) is 18.4. The fourth-order valence-corrected chi connectivity index (χ4v) is 2.31. The molecule has 2 rings (SSSR count). The summed E-state index contributed by atoms with van der Waals surface area (Å²) in [4.78, 5) is 38.4. The van der Waals surface area contributed by atoms with Gasteiger partial charge in [-0.2, -0.15) is 0 Å². The van der Waals surface area contributed by atoms with Gasteiger partial charge in [0.25, 0.3) is 11.6 Å². The first-order valence-electron chi connectivity index (χ1n) is 7.54. The van der Waals surface area contributed by atoms with Crippen molar-refractivity contribution in [2.24, 2.45) is 0 Å². The summed E-state index contributed by atoms with van der Waals surface area (Å²) in [6.07, 6.45) is 4.12. The Morgan fingerprint density at radius 1 is 1.24 bits per heavy atom. The van der Waals surface area contributed by atoms with Crippen LogP contribution in [0.15, 0.2) is 36.7 Å². The SMILES string of the molecule is CCc1cnccc1CNC(=O)c1cc(C(=O)OC)cc([N+](=O)[O-])c1. The van der Waals surface area contributed by atoms with Crippen molar-refractivity contribution in [2.45, 2.75) is 19.9 Å². The Labute approximate surface area is 144 Å². The van der Waals surface area contributed by atoms with E-state index < -0.39 is 16.8 Å². The first-order chi connectivity index (χ1) is 12.0. The van der Waals surface area contributed by atoms with Gasteiger partial charge in [0.15, 0.2) is 0 Å². The van der Waals surface area contributed by atoms with Gasteiger partial charge in [-0.25, -0.2) is 4.79 Å². The number of pyridine rings is 1. The molecule has 1 heterocycles. The van der Waals surface area contributed by atoms with Crippen LogP contribution in [0.4, 0.5) is 5.69 Å². The minimum atomic E-state index is -0.750. The second-order valence-corrected chi connectivity index (χ2v) is 5.20. The van der Waals surface area contributed by atoms with Crippen LogP contribution in [0.2, 0.25) is 0 Å². The number of aromatic nitrogens is 1. The summed E-state index contributed by atoms with van der Waals surface area (Å²) < 4.78 is 4.57. The van der Waals surface area contributed by atoms with E-state index >= 15 is 0 Å². The van der Waals surface area contributed by atoms with Crippen molar-refractivity contribution in [2.75, 3.05) is 7.11 Å².